The van der Waals surface area contributed by atoms with E-state index < -0.39 is 0 Å². The molecule has 23 heavy (non-hydrogen) atoms. The molecule has 0 bridgehead atoms. The Kier molecular flexibility index (Phi) is 3.83. The molecule has 0 radical (unpaired) electrons. The highest BCUT2D eigenvalue weighted by molar-refractivity contribution is 7.08. The molecular formula is C17H18N4OS. The van der Waals surface area contributed by atoms with E-state index in [1.54, 1.807) is 11.3 Å². The molecule has 0 N–H and O–H groups in total. The molecule has 3 aromatic heterocycles. The second-order valence-corrected chi connectivity index (χ2v) is 6.59. The number of nitrogens with zero attached hydrogens (tertiary/aromatic N) is 4. The summed E-state index contributed by atoms with van der Waals surface area (Å²) in [5.41, 5.74) is 3.05. The van der Waals surface area contributed by atoms with Gasteiger partial charge in [0.05, 0.1) is 5.56 Å². The summed E-state index contributed by atoms with van der Waals surface area (Å²) < 4.78 is 5.40. The number of aryl methyl sites for hydroxylation is 1. The van der Waals surface area contributed by atoms with Crippen molar-refractivity contribution >= 4 is 17.2 Å². The third-order valence-electron chi connectivity index (χ3n) is 4.20. The van der Waals surface area contributed by atoms with E-state index >= 15 is 0 Å². The number of aromatic nitrogens is 3. The minimum Gasteiger partial charge on any atom is -0.357 e. The summed E-state index contributed by atoms with van der Waals surface area (Å²) in [6, 6.07) is 4.07. The topological polar surface area (TPSA) is 55.1 Å². The maximum atomic E-state index is 5.40. The van der Waals surface area contributed by atoms with Gasteiger partial charge in [-0.3, -0.25) is 0 Å². The SMILES string of the molecule is Cc1cscc1-c1nc(-c2ccc(N3CCCCC3)nc2)no1. The van der Waals surface area contributed by atoms with Crippen LogP contribution < -0.4 is 4.90 Å². The van der Waals surface area contributed by atoms with Crippen LogP contribution in [0.15, 0.2) is 33.6 Å². The zero-order valence-corrected chi connectivity index (χ0v) is 13.8. The molecular weight excluding hydrogens is 308 g/mol. The summed E-state index contributed by atoms with van der Waals surface area (Å²) in [5.74, 6) is 2.19. The third-order valence-corrected chi connectivity index (χ3v) is 5.06. The highest BCUT2D eigenvalue weighted by Crippen LogP contribution is 2.28. The van der Waals surface area contributed by atoms with Gasteiger partial charge < -0.3 is 9.42 Å². The molecule has 1 fully saturated rings. The maximum Gasteiger partial charge on any atom is 0.259 e. The van der Waals surface area contributed by atoms with Crippen LogP contribution in [0.4, 0.5) is 5.82 Å². The Morgan fingerprint density at radius 1 is 1.13 bits per heavy atom. The molecule has 6 heteroatoms. The highest BCUT2D eigenvalue weighted by atomic mass is 32.1. The van der Waals surface area contributed by atoms with Crippen molar-refractivity contribution in [1.29, 1.82) is 0 Å². The Hall–Kier alpha value is -2.21. The first-order chi connectivity index (χ1) is 11.3. The van der Waals surface area contributed by atoms with Gasteiger partial charge in [-0.05, 0) is 49.3 Å². The van der Waals surface area contributed by atoms with Crippen molar-refractivity contribution in [2.75, 3.05) is 18.0 Å². The van der Waals surface area contributed by atoms with Crippen molar-refractivity contribution in [2.45, 2.75) is 26.2 Å². The Bertz CT molecular complexity index is 787. The van der Waals surface area contributed by atoms with E-state index in [2.05, 4.69) is 25.4 Å². The lowest BCUT2D eigenvalue weighted by atomic mass is 10.1. The average Bonchev–Trinajstić information content (AvgIpc) is 3.24. The van der Waals surface area contributed by atoms with Gasteiger partial charge in [-0.2, -0.15) is 16.3 Å². The minimum atomic E-state index is 0.568. The van der Waals surface area contributed by atoms with Crippen LogP contribution in [0.1, 0.15) is 24.8 Å². The fraction of sp³-hybridized carbons (Fsp3) is 0.353. The molecule has 0 spiro atoms. The number of pyridine rings is 1. The van der Waals surface area contributed by atoms with E-state index in [0.717, 1.165) is 35.6 Å². The lowest BCUT2D eigenvalue weighted by molar-refractivity contribution is 0.432. The molecule has 1 saturated heterocycles. The van der Waals surface area contributed by atoms with Gasteiger partial charge in [0.15, 0.2) is 0 Å². The zero-order valence-electron chi connectivity index (χ0n) is 13.0. The molecule has 0 saturated carbocycles. The monoisotopic (exact) mass is 326 g/mol. The van der Waals surface area contributed by atoms with Crippen molar-refractivity contribution in [3.8, 4) is 22.8 Å². The molecule has 0 aliphatic carbocycles. The average molecular weight is 326 g/mol. The van der Waals surface area contributed by atoms with Crippen LogP contribution in [-0.4, -0.2) is 28.2 Å². The molecule has 118 valence electrons. The van der Waals surface area contributed by atoms with E-state index in [1.807, 2.05) is 30.6 Å². The van der Waals surface area contributed by atoms with Gasteiger partial charge >= 0.3 is 0 Å². The fourth-order valence-corrected chi connectivity index (χ4v) is 3.68. The van der Waals surface area contributed by atoms with Crippen molar-refractivity contribution in [3.63, 3.8) is 0 Å². The molecule has 1 aliphatic rings. The number of piperidine rings is 1. The quantitative estimate of drug-likeness (QED) is 0.723. The van der Waals surface area contributed by atoms with Gasteiger partial charge in [-0.15, -0.1) is 0 Å². The van der Waals surface area contributed by atoms with Crippen LogP contribution in [0.5, 0.6) is 0 Å². The van der Waals surface area contributed by atoms with Gasteiger partial charge in [-0.25, -0.2) is 4.98 Å². The van der Waals surface area contributed by atoms with Crippen molar-refractivity contribution in [1.82, 2.24) is 15.1 Å². The Morgan fingerprint density at radius 2 is 2.00 bits per heavy atom. The molecule has 4 heterocycles. The number of hydrogen-bond acceptors (Lipinski definition) is 6. The van der Waals surface area contributed by atoms with Gasteiger partial charge in [0, 0.05) is 30.2 Å². The molecule has 0 atom stereocenters. The van der Waals surface area contributed by atoms with Gasteiger partial charge in [0.1, 0.15) is 5.82 Å². The number of hydrogen-bond donors (Lipinski definition) is 0. The van der Waals surface area contributed by atoms with Crippen LogP contribution >= 0.6 is 11.3 Å². The minimum absolute atomic E-state index is 0.568. The number of thiophene rings is 1. The van der Waals surface area contributed by atoms with E-state index in [0.29, 0.717) is 11.7 Å². The molecule has 1 aliphatic heterocycles. The van der Waals surface area contributed by atoms with Crippen molar-refractivity contribution in [3.05, 3.63) is 34.7 Å². The highest BCUT2D eigenvalue weighted by Gasteiger charge is 2.15. The van der Waals surface area contributed by atoms with Crippen molar-refractivity contribution < 1.29 is 4.52 Å². The maximum absolute atomic E-state index is 5.40. The molecule has 4 rings (SSSR count). The first-order valence-corrected chi connectivity index (χ1v) is 8.84. The summed E-state index contributed by atoms with van der Waals surface area (Å²) in [6.45, 7) is 4.23. The van der Waals surface area contributed by atoms with Gasteiger partial charge in [0.2, 0.25) is 5.82 Å². The molecule has 3 aromatic rings. The van der Waals surface area contributed by atoms with E-state index in [1.165, 1.54) is 19.3 Å². The van der Waals surface area contributed by atoms with Crippen LogP contribution in [-0.2, 0) is 0 Å². The second kappa shape index (κ2) is 6.12. The summed E-state index contributed by atoms with van der Waals surface area (Å²) in [6.07, 6.45) is 5.65. The Labute approximate surface area is 139 Å². The largest absolute Gasteiger partial charge is 0.357 e. The van der Waals surface area contributed by atoms with Crippen LogP contribution in [0.3, 0.4) is 0 Å². The van der Waals surface area contributed by atoms with E-state index in [9.17, 15) is 0 Å². The standard InChI is InChI=1S/C17H18N4OS/c1-12-10-23-11-14(12)17-19-16(20-22-17)13-5-6-15(18-9-13)21-7-3-2-4-8-21/h5-6,9-11H,2-4,7-8H2,1H3. The Balaban J connectivity index is 1.56. The Morgan fingerprint density at radius 3 is 2.70 bits per heavy atom. The molecule has 0 amide bonds. The second-order valence-electron chi connectivity index (χ2n) is 5.84. The first kappa shape index (κ1) is 14.4. The summed E-state index contributed by atoms with van der Waals surface area (Å²) in [5, 5.41) is 8.20. The van der Waals surface area contributed by atoms with Gasteiger partial charge in [-0.1, -0.05) is 5.16 Å². The van der Waals surface area contributed by atoms with E-state index in [4.69, 9.17) is 4.52 Å². The van der Waals surface area contributed by atoms with Crippen molar-refractivity contribution in [2.24, 2.45) is 0 Å². The fourth-order valence-electron chi connectivity index (χ4n) is 2.86. The number of anilines is 1. The first-order valence-electron chi connectivity index (χ1n) is 7.89. The molecule has 0 unspecified atom stereocenters. The summed E-state index contributed by atoms with van der Waals surface area (Å²) in [7, 11) is 0. The number of rotatable bonds is 3. The van der Waals surface area contributed by atoms with E-state index in [-0.39, 0.29) is 0 Å². The molecule has 5 nitrogen and oxygen atoms in total. The summed E-state index contributed by atoms with van der Waals surface area (Å²) >= 11 is 1.64. The third kappa shape index (κ3) is 2.86. The summed E-state index contributed by atoms with van der Waals surface area (Å²) in [4.78, 5) is 11.4. The zero-order chi connectivity index (χ0) is 15.6. The van der Waals surface area contributed by atoms with Gasteiger partial charge in [0.25, 0.3) is 5.89 Å². The normalized spacial score (nSPS) is 15.1. The lowest BCUT2D eigenvalue weighted by Crippen LogP contribution is -2.29. The predicted octanol–water partition coefficient (Wildman–Crippen LogP) is 4.16. The van der Waals surface area contributed by atoms with Crippen LogP contribution in [0.2, 0.25) is 0 Å². The van der Waals surface area contributed by atoms with Crippen LogP contribution in [0.25, 0.3) is 22.8 Å². The lowest BCUT2D eigenvalue weighted by Gasteiger charge is -2.27. The molecule has 0 aromatic carbocycles. The predicted molar refractivity (Wildman–Crippen MR) is 91.6 cm³/mol. The smallest absolute Gasteiger partial charge is 0.259 e. The van der Waals surface area contributed by atoms with Crippen LogP contribution in [0, 0.1) is 6.92 Å².